The number of ether oxygens (including phenoxy) is 2. The van der Waals surface area contributed by atoms with E-state index in [1.54, 1.807) is 19.1 Å². The Hall–Kier alpha value is -3.03. The van der Waals surface area contributed by atoms with Gasteiger partial charge in [-0.3, -0.25) is 9.59 Å². The first-order chi connectivity index (χ1) is 12.4. The summed E-state index contributed by atoms with van der Waals surface area (Å²) in [6.45, 7) is 1.96. The molecule has 0 spiro atoms. The fourth-order valence-electron chi connectivity index (χ4n) is 2.66. The number of aliphatic carboxylic acids is 1. The van der Waals surface area contributed by atoms with Crippen molar-refractivity contribution in [2.45, 2.75) is 26.2 Å². The van der Waals surface area contributed by atoms with Crippen LogP contribution >= 0.6 is 0 Å². The minimum Gasteiger partial charge on any atom is -0.493 e. The van der Waals surface area contributed by atoms with Crippen LogP contribution < -0.4 is 20.4 Å². The van der Waals surface area contributed by atoms with Crippen LogP contribution in [-0.4, -0.2) is 37.7 Å². The lowest BCUT2D eigenvalue weighted by Gasteiger charge is -2.12. The SMILES string of the molecule is COc1ccc2c(C)c(CC(=O)NCCCC(=O)O)c(=O)oc2c1OC. The maximum atomic E-state index is 12.4. The van der Waals surface area contributed by atoms with Crippen molar-refractivity contribution in [2.24, 2.45) is 0 Å². The van der Waals surface area contributed by atoms with Crippen LogP contribution in [0.3, 0.4) is 0 Å². The highest BCUT2D eigenvalue weighted by Gasteiger charge is 2.19. The molecule has 2 rings (SSSR count). The number of nitrogens with one attached hydrogen (secondary N) is 1. The Morgan fingerprint density at radius 3 is 2.58 bits per heavy atom. The first kappa shape index (κ1) is 19.3. The van der Waals surface area contributed by atoms with Gasteiger partial charge in [-0.15, -0.1) is 0 Å². The average Bonchev–Trinajstić information content (AvgIpc) is 2.61. The predicted molar refractivity (Wildman–Crippen MR) is 93.9 cm³/mol. The summed E-state index contributed by atoms with van der Waals surface area (Å²) in [7, 11) is 2.93. The zero-order valence-corrected chi connectivity index (χ0v) is 14.9. The van der Waals surface area contributed by atoms with Crippen molar-refractivity contribution in [3.63, 3.8) is 0 Å². The number of carbonyl (C=O) groups is 2. The molecule has 0 unspecified atom stereocenters. The smallest absolute Gasteiger partial charge is 0.340 e. The molecule has 8 heteroatoms. The number of fused-ring (bicyclic) bond motifs is 1. The second-order valence-electron chi connectivity index (χ2n) is 5.69. The fraction of sp³-hybridized carbons (Fsp3) is 0.389. The van der Waals surface area contributed by atoms with E-state index in [0.717, 1.165) is 0 Å². The standard InChI is InChI=1S/C18H21NO7/c1-10-11-6-7-13(24-2)17(25-3)16(11)26-18(23)12(10)9-14(20)19-8-4-5-15(21)22/h6-7H,4-5,8-9H2,1-3H3,(H,19,20)(H,21,22). The lowest BCUT2D eigenvalue weighted by atomic mass is 10.0. The molecule has 0 saturated heterocycles. The molecule has 2 N–H and O–H groups in total. The van der Waals surface area contributed by atoms with Crippen molar-refractivity contribution in [3.8, 4) is 11.5 Å². The number of carboxylic acid groups (broad SMARTS) is 1. The lowest BCUT2D eigenvalue weighted by Crippen LogP contribution is -2.29. The maximum Gasteiger partial charge on any atom is 0.340 e. The van der Waals surface area contributed by atoms with Gasteiger partial charge in [-0.1, -0.05) is 0 Å². The number of rotatable bonds is 8. The molecule has 0 aliphatic heterocycles. The third-order valence-electron chi connectivity index (χ3n) is 4.02. The van der Waals surface area contributed by atoms with Crippen LogP contribution in [0.2, 0.25) is 0 Å². The highest BCUT2D eigenvalue weighted by Crippen LogP contribution is 2.36. The van der Waals surface area contributed by atoms with Gasteiger partial charge in [-0.25, -0.2) is 4.79 Å². The van der Waals surface area contributed by atoms with Gasteiger partial charge in [0.05, 0.1) is 26.2 Å². The highest BCUT2D eigenvalue weighted by molar-refractivity contribution is 5.89. The zero-order valence-electron chi connectivity index (χ0n) is 14.9. The molecule has 0 aliphatic carbocycles. The predicted octanol–water partition coefficient (Wildman–Crippen LogP) is 1.64. The van der Waals surface area contributed by atoms with Crippen molar-refractivity contribution >= 4 is 22.8 Å². The summed E-state index contributed by atoms with van der Waals surface area (Å²) in [4.78, 5) is 34.9. The number of hydrogen-bond acceptors (Lipinski definition) is 6. The van der Waals surface area contributed by atoms with Crippen molar-refractivity contribution < 1.29 is 28.6 Å². The van der Waals surface area contributed by atoms with Gasteiger partial charge in [0.25, 0.3) is 0 Å². The summed E-state index contributed by atoms with van der Waals surface area (Å²) < 4.78 is 15.9. The number of carbonyl (C=O) groups excluding carboxylic acids is 1. The first-order valence-electron chi connectivity index (χ1n) is 8.04. The molecule has 0 radical (unpaired) electrons. The van der Waals surface area contributed by atoms with E-state index in [-0.39, 0.29) is 36.4 Å². The normalized spacial score (nSPS) is 10.6. The Morgan fingerprint density at radius 1 is 1.23 bits per heavy atom. The van der Waals surface area contributed by atoms with Gasteiger partial charge >= 0.3 is 11.6 Å². The van der Waals surface area contributed by atoms with Crippen LogP contribution in [0.25, 0.3) is 11.0 Å². The summed E-state index contributed by atoms with van der Waals surface area (Å²) >= 11 is 0. The number of hydrogen-bond donors (Lipinski definition) is 2. The van der Waals surface area contributed by atoms with E-state index >= 15 is 0 Å². The monoisotopic (exact) mass is 363 g/mol. The molecule has 0 aliphatic rings. The molecular weight excluding hydrogens is 342 g/mol. The van der Waals surface area contributed by atoms with Gasteiger partial charge in [0.1, 0.15) is 0 Å². The van der Waals surface area contributed by atoms with Gasteiger partial charge in [-0.2, -0.15) is 0 Å². The van der Waals surface area contributed by atoms with Crippen molar-refractivity contribution in [3.05, 3.63) is 33.7 Å². The number of benzene rings is 1. The third-order valence-corrected chi connectivity index (χ3v) is 4.02. The fourth-order valence-corrected chi connectivity index (χ4v) is 2.66. The molecule has 1 heterocycles. The van der Waals surface area contributed by atoms with E-state index in [1.807, 2.05) is 0 Å². The van der Waals surface area contributed by atoms with Crippen molar-refractivity contribution in [2.75, 3.05) is 20.8 Å². The minimum absolute atomic E-state index is 0.0287. The molecular formula is C18H21NO7. The van der Waals surface area contributed by atoms with Gasteiger partial charge < -0.3 is 24.3 Å². The summed E-state index contributed by atoms with van der Waals surface area (Å²) in [5.41, 5.74) is 0.514. The van der Waals surface area contributed by atoms with Gasteiger partial charge in [0, 0.05) is 18.4 Å². The number of methoxy groups -OCH3 is 2. The van der Waals surface area contributed by atoms with Crippen LogP contribution in [-0.2, 0) is 16.0 Å². The quantitative estimate of drug-likeness (QED) is 0.541. The number of carboxylic acids is 1. The van der Waals surface area contributed by atoms with Gasteiger partial charge in [0.2, 0.25) is 11.7 Å². The lowest BCUT2D eigenvalue weighted by molar-refractivity contribution is -0.137. The third kappa shape index (κ3) is 4.14. The molecule has 1 aromatic heterocycles. The minimum atomic E-state index is -0.922. The molecule has 1 aromatic carbocycles. The second-order valence-corrected chi connectivity index (χ2v) is 5.69. The van der Waals surface area contributed by atoms with Gasteiger partial charge in [-0.05, 0) is 31.0 Å². The number of aryl methyl sites for hydroxylation is 1. The molecule has 0 atom stereocenters. The van der Waals surface area contributed by atoms with Crippen molar-refractivity contribution in [1.29, 1.82) is 0 Å². The Morgan fingerprint density at radius 2 is 1.96 bits per heavy atom. The summed E-state index contributed by atoms with van der Waals surface area (Å²) in [6.07, 6.45) is 0.147. The van der Waals surface area contributed by atoms with Gasteiger partial charge in [0.15, 0.2) is 11.3 Å². The zero-order chi connectivity index (χ0) is 19.3. The maximum absolute atomic E-state index is 12.4. The molecule has 8 nitrogen and oxygen atoms in total. The summed E-state index contributed by atoms with van der Waals surface area (Å²) in [6, 6.07) is 3.44. The van der Waals surface area contributed by atoms with E-state index in [0.29, 0.717) is 28.9 Å². The van der Waals surface area contributed by atoms with Crippen LogP contribution in [0.4, 0.5) is 0 Å². The second kappa shape index (κ2) is 8.37. The van der Waals surface area contributed by atoms with Crippen molar-refractivity contribution in [1.82, 2.24) is 5.32 Å². The average molecular weight is 363 g/mol. The number of amides is 1. The van der Waals surface area contributed by atoms with Crippen LogP contribution in [0, 0.1) is 6.92 Å². The van der Waals surface area contributed by atoms with Crippen LogP contribution in [0.5, 0.6) is 11.5 Å². The Labute approximate surface area is 149 Å². The Balaban J connectivity index is 2.28. The largest absolute Gasteiger partial charge is 0.493 e. The van der Waals surface area contributed by atoms with E-state index in [2.05, 4.69) is 5.32 Å². The molecule has 2 aromatic rings. The highest BCUT2D eigenvalue weighted by atomic mass is 16.5. The Kier molecular flexibility index (Phi) is 6.21. The van der Waals surface area contributed by atoms with E-state index in [9.17, 15) is 14.4 Å². The molecule has 0 bridgehead atoms. The molecule has 140 valence electrons. The Bertz CT molecular complexity index is 885. The van der Waals surface area contributed by atoms with E-state index < -0.39 is 11.6 Å². The molecule has 1 amide bonds. The van der Waals surface area contributed by atoms with Crippen LogP contribution in [0.15, 0.2) is 21.3 Å². The van der Waals surface area contributed by atoms with Crippen LogP contribution in [0.1, 0.15) is 24.0 Å². The van der Waals surface area contributed by atoms with E-state index in [1.165, 1.54) is 14.2 Å². The molecule has 0 fully saturated rings. The summed E-state index contributed by atoms with van der Waals surface area (Å²) in [5.74, 6) is -0.540. The first-order valence-corrected chi connectivity index (χ1v) is 8.04. The summed E-state index contributed by atoms with van der Waals surface area (Å²) in [5, 5.41) is 11.8. The topological polar surface area (TPSA) is 115 Å². The molecule has 0 saturated carbocycles. The van der Waals surface area contributed by atoms with E-state index in [4.69, 9.17) is 19.0 Å². The molecule has 26 heavy (non-hydrogen) atoms.